The molecule has 2 aromatic heterocycles. The van der Waals surface area contributed by atoms with E-state index in [2.05, 4.69) is 25.5 Å². The van der Waals surface area contributed by atoms with E-state index in [1.54, 1.807) is 23.1 Å². The zero-order valence-electron chi connectivity index (χ0n) is 32.2. The molecular weight excluding hydrogens is 741 g/mol. The smallest absolute Gasteiger partial charge is 0.416 e. The molecule has 8 rings (SSSR count). The normalized spacial score (nSPS) is 24.6. The predicted molar refractivity (Wildman–Crippen MR) is 202 cm³/mol. The third-order valence-electron chi connectivity index (χ3n) is 12.2. The zero-order chi connectivity index (χ0) is 39.5. The monoisotopic (exact) mass is 792 g/mol. The number of nitrogens with one attached hydrogen (secondary N) is 1. The lowest BCUT2D eigenvalue weighted by Crippen LogP contribution is -2.52. The quantitative estimate of drug-likeness (QED) is 0.307. The summed E-state index contributed by atoms with van der Waals surface area (Å²) in [5, 5.41) is 11.6. The first-order valence-corrected chi connectivity index (χ1v) is 20.5. The van der Waals surface area contributed by atoms with Crippen molar-refractivity contribution in [1.29, 1.82) is 0 Å². The average Bonchev–Trinajstić information content (AvgIpc) is 3.77. The lowest BCUT2D eigenvalue weighted by molar-refractivity contribution is -0.139. The maximum Gasteiger partial charge on any atom is 0.416 e. The number of alkyl halides is 3. The molecule has 6 bridgehead atoms. The molecule has 4 fully saturated rings. The predicted octanol–water partition coefficient (Wildman–Crippen LogP) is 4.81. The van der Waals surface area contributed by atoms with Crippen LogP contribution in [0, 0.1) is 17.8 Å². The number of halogens is 3. The molecule has 306 valence electrons. The third kappa shape index (κ3) is 9.77. The fourth-order valence-electron chi connectivity index (χ4n) is 8.68. The minimum atomic E-state index is -4.66. The Bertz CT molecular complexity index is 1910. The summed E-state index contributed by atoms with van der Waals surface area (Å²) in [6.45, 7) is 5.56. The Morgan fingerprint density at radius 1 is 0.965 bits per heavy atom. The van der Waals surface area contributed by atoms with Crippen LogP contribution in [0.15, 0.2) is 42.6 Å². The Labute approximate surface area is 330 Å². The van der Waals surface area contributed by atoms with Gasteiger partial charge in [-0.1, -0.05) is 23.8 Å². The van der Waals surface area contributed by atoms with E-state index in [1.165, 1.54) is 30.2 Å². The summed E-state index contributed by atoms with van der Waals surface area (Å²) >= 11 is 0. The van der Waals surface area contributed by atoms with Gasteiger partial charge >= 0.3 is 6.18 Å². The van der Waals surface area contributed by atoms with Crippen molar-refractivity contribution in [2.75, 3.05) is 52.4 Å². The second-order valence-electron chi connectivity index (χ2n) is 16.4. The van der Waals surface area contributed by atoms with Crippen molar-refractivity contribution in [2.24, 2.45) is 17.8 Å². The first-order valence-electron chi connectivity index (χ1n) is 20.5. The van der Waals surface area contributed by atoms with Gasteiger partial charge in [-0.05, 0) is 87.6 Å². The molecule has 4 atom stereocenters. The van der Waals surface area contributed by atoms with Crippen molar-refractivity contribution in [2.45, 2.75) is 89.3 Å². The van der Waals surface area contributed by atoms with Gasteiger partial charge < -0.3 is 29.5 Å². The van der Waals surface area contributed by atoms with Crippen molar-refractivity contribution >= 4 is 17.7 Å². The van der Waals surface area contributed by atoms with E-state index >= 15 is 0 Å². The van der Waals surface area contributed by atoms with Gasteiger partial charge in [0.2, 0.25) is 17.7 Å². The highest BCUT2D eigenvalue weighted by Crippen LogP contribution is 2.36. The number of carbonyl (C=O) groups excluding carboxylic acids is 3. The van der Waals surface area contributed by atoms with E-state index in [9.17, 15) is 27.6 Å². The van der Waals surface area contributed by atoms with Gasteiger partial charge in [-0.25, -0.2) is 4.98 Å². The second kappa shape index (κ2) is 17.1. The van der Waals surface area contributed by atoms with E-state index in [-0.39, 0.29) is 73.4 Å². The number of aromatic nitrogens is 4. The summed E-state index contributed by atoms with van der Waals surface area (Å²) in [6, 6.07) is 7.30. The van der Waals surface area contributed by atoms with Gasteiger partial charge in [-0.15, -0.1) is 5.10 Å². The molecule has 4 aliphatic heterocycles. The number of hydrogen-bond acceptors (Lipinski definition) is 9. The van der Waals surface area contributed by atoms with E-state index in [0.717, 1.165) is 51.2 Å². The number of nitrogens with zero attached hydrogens (tertiary/aromatic N) is 7. The fraction of sp³-hybridized carbons (Fsp3) is 0.610. The van der Waals surface area contributed by atoms with E-state index < -0.39 is 29.8 Å². The number of ether oxygens (including phenoxy) is 2. The van der Waals surface area contributed by atoms with Crippen LogP contribution in [0.5, 0.6) is 5.88 Å². The van der Waals surface area contributed by atoms with Gasteiger partial charge in [0.15, 0.2) is 0 Å². The molecular formula is C41H51F3N8O5. The number of rotatable bonds is 10. The highest BCUT2D eigenvalue weighted by atomic mass is 19.4. The number of carbonyl (C=O) groups is 3. The van der Waals surface area contributed by atoms with Crippen molar-refractivity contribution in [3.63, 3.8) is 0 Å². The van der Waals surface area contributed by atoms with Crippen LogP contribution in [0.25, 0.3) is 11.3 Å². The summed E-state index contributed by atoms with van der Waals surface area (Å²) in [7, 11) is 0. The number of hydrogen-bond donors (Lipinski definition) is 1. The van der Waals surface area contributed by atoms with Crippen molar-refractivity contribution < 1.29 is 37.0 Å². The van der Waals surface area contributed by atoms with E-state index in [4.69, 9.17) is 9.47 Å². The number of pyridine rings is 1. The standard InChI is InChI=1S/C41H51F3N8O5/c42-41(43,44)32-19-35-29-5-4-6-30(17-29)39(54)52-25-34(57-26-33-24-51(48-47-33)15-14-49-11-2-1-3-12-49)21-36(52)40(55)50-13-9-28(18-37(53)45-22-27-7-8-27)31(23-50)10-16-56-38(20-32)46-35/h4-6,17,19-20,24,27-28,31,34,36H,1-3,7-16,18,21-23,25-26H2,(H,45,53)/t28-,31+,34-,36+/m1/s1. The van der Waals surface area contributed by atoms with Crippen LogP contribution in [0.2, 0.25) is 0 Å². The van der Waals surface area contributed by atoms with Gasteiger partial charge in [0.05, 0.1) is 43.3 Å². The molecule has 3 amide bonds. The molecule has 3 saturated heterocycles. The summed E-state index contributed by atoms with van der Waals surface area (Å²) in [5.41, 5.74) is 0.266. The lowest BCUT2D eigenvalue weighted by atomic mass is 9.81. The molecule has 1 aliphatic carbocycles. The molecule has 13 nitrogen and oxygen atoms in total. The molecule has 1 aromatic carbocycles. The van der Waals surface area contributed by atoms with Gasteiger partial charge in [-0.3, -0.25) is 19.1 Å². The molecule has 5 aliphatic rings. The zero-order valence-corrected chi connectivity index (χ0v) is 32.2. The number of likely N-dealkylation sites (tertiary alicyclic amines) is 1. The molecule has 16 heteroatoms. The summed E-state index contributed by atoms with van der Waals surface area (Å²) < 4.78 is 56.4. The third-order valence-corrected chi connectivity index (χ3v) is 12.2. The summed E-state index contributed by atoms with van der Waals surface area (Å²) in [6.07, 6.45) is 4.18. The molecule has 57 heavy (non-hydrogen) atoms. The second-order valence-corrected chi connectivity index (χ2v) is 16.4. The van der Waals surface area contributed by atoms with Gasteiger partial charge in [0, 0.05) is 62.8 Å². The van der Waals surface area contributed by atoms with Crippen molar-refractivity contribution in [1.82, 2.24) is 40.0 Å². The average molecular weight is 793 g/mol. The first kappa shape index (κ1) is 39.3. The molecule has 0 radical (unpaired) electrons. The number of amides is 3. The molecule has 3 aromatic rings. The van der Waals surface area contributed by atoms with Crippen molar-refractivity contribution in [3.05, 3.63) is 59.4 Å². The van der Waals surface area contributed by atoms with Gasteiger partial charge in [0.25, 0.3) is 5.91 Å². The minimum Gasteiger partial charge on any atom is -0.478 e. The largest absolute Gasteiger partial charge is 0.478 e. The highest BCUT2D eigenvalue weighted by molar-refractivity contribution is 5.99. The molecule has 0 spiro atoms. The highest BCUT2D eigenvalue weighted by Gasteiger charge is 2.44. The van der Waals surface area contributed by atoms with Crippen LogP contribution in [0.1, 0.15) is 79.4 Å². The number of fused-ring (bicyclic) bond motifs is 8. The van der Waals surface area contributed by atoms with E-state index in [1.807, 2.05) is 10.9 Å². The summed E-state index contributed by atoms with van der Waals surface area (Å²) in [4.78, 5) is 52.1. The lowest BCUT2D eigenvalue weighted by Gasteiger charge is -2.40. The summed E-state index contributed by atoms with van der Waals surface area (Å²) in [5.74, 6) is -0.553. The Kier molecular flexibility index (Phi) is 11.8. The fourth-order valence-corrected chi connectivity index (χ4v) is 8.68. The Hall–Kier alpha value is -4.57. The molecule has 0 unspecified atom stereocenters. The van der Waals surface area contributed by atoms with Crippen LogP contribution >= 0.6 is 0 Å². The molecule has 1 N–H and O–H groups in total. The van der Waals surface area contributed by atoms with Crippen LogP contribution in [-0.2, 0) is 33.7 Å². The van der Waals surface area contributed by atoms with Crippen LogP contribution in [0.4, 0.5) is 13.2 Å². The topological polar surface area (TPSA) is 135 Å². The Balaban J connectivity index is 1.03. The molecule has 1 saturated carbocycles. The maximum absolute atomic E-state index is 14.5. The first-order chi connectivity index (χ1) is 27.6. The Morgan fingerprint density at radius 3 is 2.60 bits per heavy atom. The maximum atomic E-state index is 14.5. The van der Waals surface area contributed by atoms with Crippen LogP contribution in [0.3, 0.4) is 0 Å². The van der Waals surface area contributed by atoms with Gasteiger partial charge in [-0.2, -0.15) is 13.2 Å². The number of piperidine rings is 2. The van der Waals surface area contributed by atoms with Crippen LogP contribution in [-0.4, -0.2) is 117 Å². The van der Waals surface area contributed by atoms with Crippen LogP contribution < -0.4 is 10.1 Å². The molecule has 6 heterocycles. The van der Waals surface area contributed by atoms with E-state index in [0.29, 0.717) is 49.7 Å². The number of benzene rings is 1. The SMILES string of the molecule is O=C(C[C@H]1CCN2C[C@@H]1CCOc1cc(C(F)(F)F)cc(n1)-c1cccc(c1)C(=O)N1C[C@H](OCc3cn(CCN4CCCCC4)nn3)C[C@H]1C2=O)NCC1CC1. The minimum absolute atomic E-state index is 0.00912. The van der Waals surface area contributed by atoms with Crippen molar-refractivity contribution in [3.8, 4) is 17.1 Å². The Morgan fingerprint density at radius 2 is 1.79 bits per heavy atom. The van der Waals surface area contributed by atoms with Gasteiger partial charge in [0.1, 0.15) is 11.7 Å².